The normalized spacial score (nSPS) is 11.4. The van der Waals surface area contributed by atoms with Crippen molar-refractivity contribution in [1.29, 1.82) is 0 Å². The molecule has 106 valence electrons. The van der Waals surface area contributed by atoms with Gasteiger partial charge in [-0.15, -0.1) is 0 Å². The second kappa shape index (κ2) is 6.52. The minimum absolute atomic E-state index is 0.118. The van der Waals surface area contributed by atoms with Crippen molar-refractivity contribution in [2.45, 2.75) is 26.7 Å². The van der Waals surface area contributed by atoms with Gasteiger partial charge in [-0.2, -0.15) is 0 Å². The number of aromatic nitrogens is 1. The van der Waals surface area contributed by atoms with Gasteiger partial charge in [-0.3, -0.25) is 9.59 Å². The third-order valence-corrected chi connectivity index (χ3v) is 3.11. The maximum atomic E-state index is 11.8. The number of aryl methyl sites for hydroxylation is 1. The van der Waals surface area contributed by atoms with Crippen molar-refractivity contribution in [3.8, 4) is 0 Å². The lowest BCUT2D eigenvalue weighted by Crippen LogP contribution is -2.28. The second-order valence-electron chi connectivity index (χ2n) is 5.55. The number of carbonyl (C=O) groups is 1. The fraction of sp³-hybridized carbons (Fsp3) is 0.571. The summed E-state index contributed by atoms with van der Waals surface area (Å²) < 4.78 is 1.42. The van der Waals surface area contributed by atoms with E-state index >= 15 is 0 Å². The molecule has 0 fully saturated rings. The molecule has 0 aliphatic heterocycles. The van der Waals surface area contributed by atoms with E-state index in [0.717, 1.165) is 12.8 Å². The van der Waals surface area contributed by atoms with E-state index < -0.39 is 0 Å². The lowest BCUT2D eigenvalue weighted by atomic mass is 9.89. The SMILES string of the molecule is Cn1ccc(C(=O)NCCCC(C)(C)CO)cc1=O. The van der Waals surface area contributed by atoms with E-state index in [-0.39, 0.29) is 23.5 Å². The standard InChI is InChI=1S/C14H22N2O3/c1-14(2,10-17)6-4-7-15-13(19)11-5-8-16(3)12(18)9-11/h5,8-9,17H,4,6-7,10H2,1-3H3,(H,15,19). The zero-order valence-corrected chi connectivity index (χ0v) is 11.8. The highest BCUT2D eigenvalue weighted by molar-refractivity contribution is 5.93. The zero-order valence-electron chi connectivity index (χ0n) is 11.8. The van der Waals surface area contributed by atoms with Crippen molar-refractivity contribution in [3.63, 3.8) is 0 Å². The molecule has 1 amide bonds. The number of pyridine rings is 1. The number of aliphatic hydroxyl groups is 1. The van der Waals surface area contributed by atoms with Crippen LogP contribution >= 0.6 is 0 Å². The van der Waals surface area contributed by atoms with Crippen molar-refractivity contribution < 1.29 is 9.90 Å². The number of nitrogens with one attached hydrogen (secondary N) is 1. The molecule has 0 aliphatic rings. The first-order chi connectivity index (χ1) is 8.85. The maximum absolute atomic E-state index is 11.8. The van der Waals surface area contributed by atoms with Crippen LogP contribution in [0.5, 0.6) is 0 Å². The molecule has 1 rings (SSSR count). The van der Waals surface area contributed by atoms with Crippen LogP contribution in [-0.4, -0.2) is 28.7 Å². The van der Waals surface area contributed by atoms with Crippen LogP contribution in [0, 0.1) is 5.41 Å². The fourth-order valence-corrected chi connectivity index (χ4v) is 1.64. The predicted molar refractivity (Wildman–Crippen MR) is 74.1 cm³/mol. The summed E-state index contributed by atoms with van der Waals surface area (Å²) >= 11 is 0. The first-order valence-corrected chi connectivity index (χ1v) is 6.41. The van der Waals surface area contributed by atoms with Crippen LogP contribution in [0.3, 0.4) is 0 Å². The van der Waals surface area contributed by atoms with Crippen LogP contribution < -0.4 is 10.9 Å². The van der Waals surface area contributed by atoms with E-state index in [1.54, 1.807) is 19.3 Å². The Kier molecular flexibility index (Phi) is 5.30. The summed E-state index contributed by atoms with van der Waals surface area (Å²) in [5, 5.41) is 11.9. The Morgan fingerprint density at radius 2 is 2.16 bits per heavy atom. The molecule has 0 spiro atoms. The molecule has 0 saturated heterocycles. The summed E-state index contributed by atoms with van der Waals surface area (Å²) in [4.78, 5) is 23.2. The quantitative estimate of drug-likeness (QED) is 0.752. The number of carbonyl (C=O) groups excluding carboxylic acids is 1. The van der Waals surface area contributed by atoms with Gasteiger partial charge in [-0.25, -0.2) is 0 Å². The zero-order chi connectivity index (χ0) is 14.5. The highest BCUT2D eigenvalue weighted by Crippen LogP contribution is 2.20. The molecule has 5 nitrogen and oxygen atoms in total. The molecule has 2 N–H and O–H groups in total. The number of hydrogen-bond donors (Lipinski definition) is 2. The Balaban J connectivity index is 2.44. The lowest BCUT2D eigenvalue weighted by molar-refractivity contribution is 0.0948. The largest absolute Gasteiger partial charge is 0.396 e. The van der Waals surface area contributed by atoms with Crippen molar-refractivity contribution in [2.75, 3.05) is 13.2 Å². The Morgan fingerprint density at radius 3 is 2.74 bits per heavy atom. The third-order valence-electron chi connectivity index (χ3n) is 3.11. The van der Waals surface area contributed by atoms with E-state index in [1.165, 1.54) is 10.6 Å². The fourth-order valence-electron chi connectivity index (χ4n) is 1.64. The van der Waals surface area contributed by atoms with Crippen molar-refractivity contribution in [2.24, 2.45) is 12.5 Å². The summed E-state index contributed by atoms with van der Waals surface area (Å²) in [6.07, 6.45) is 3.20. The molecule has 1 heterocycles. The van der Waals surface area contributed by atoms with Crippen LogP contribution in [0.1, 0.15) is 37.0 Å². The Bertz CT molecular complexity index is 492. The van der Waals surface area contributed by atoms with Gasteiger partial charge in [0.05, 0.1) is 0 Å². The smallest absolute Gasteiger partial charge is 0.251 e. The first kappa shape index (κ1) is 15.4. The van der Waals surface area contributed by atoms with Gasteiger partial charge >= 0.3 is 0 Å². The molecule has 0 radical (unpaired) electrons. The van der Waals surface area contributed by atoms with Gasteiger partial charge in [0.25, 0.3) is 11.5 Å². The van der Waals surface area contributed by atoms with Gasteiger partial charge in [0.1, 0.15) is 0 Å². The summed E-state index contributed by atoms with van der Waals surface area (Å²) in [7, 11) is 1.64. The Morgan fingerprint density at radius 1 is 1.47 bits per heavy atom. The number of nitrogens with zero attached hydrogens (tertiary/aromatic N) is 1. The molecule has 0 atom stereocenters. The molecule has 19 heavy (non-hydrogen) atoms. The van der Waals surface area contributed by atoms with Crippen LogP contribution in [0.4, 0.5) is 0 Å². The average molecular weight is 266 g/mol. The topological polar surface area (TPSA) is 71.3 Å². The van der Waals surface area contributed by atoms with Crippen molar-refractivity contribution in [1.82, 2.24) is 9.88 Å². The minimum Gasteiger partial charge on any atom is -0.396 e. The summed E-state index contributed by atoms with van der Waals surface area (Å²) in [5.74, 6) is -0.237. The number of rotatable bonds is 6. The lowest BCUT2D eigenvalue weighted by Gasteiger charge is -2.21. The van der Waals surface area contributed by atoms with E-state index in [4.69, 9.17) is 5.11 Å². The predicted octanol–water partition coefficient (Wildman–Crippen LogP) is 0.914. The van der Waals surface area contributed by atoms with Crippen LogP contribution in [0.2, 0.25) is 0 Å². The van der Waals surface area contributed by atoms with Gasteiger partial charge in [-0.05, 0) is 24.3 Å². The molecule has 0 bridgehead atoms. The summed E-state index contributed by atoms with van der Waals surface area (Å²) in [5.41, 5.74) is 0.0616. The van der Waals surface area contributed by atoms with Crippen LogP contribution in [-0.2, 0) is 7.05 Å². The van der Waals surface area contributed by atoms with E-state index in [1.807, 2.05) is 13.8 Å². The van der Waals surface area contributed by atoms with E-state index in [0.29, 0.717) is 12.1 Å². The molecule has 5 heteroatoms. The molecular weight excluding hydrogens is 244 g/mol. The first-order valence-electron chi connectivity index (χ1n) is 6.41. The molecule has 0 aliphatic carbocycles. The molecule has 1 aromatic rings. The Hall–Kier alpha value is -1.62. The molecular formula is C14H22N2O3. The third kappa shape index (κ3) is 4.87. The van der Waals surface area contributed by atoms with Gasteiger partial charge in [0.2, 0.25) is 0 Å². The average Bonchev–Trinajstić information content (AvgIpc) is 2.37. The molecule has 0 aromatic carbocycles. The van der Waals surface area contributed by atoms with E-state index in [2.05, 4.69) is 5.32 Å². The van der Waals surface area contributed by atoms with Crippen LogP contribution in [0.25, 0.3) is 0 Å². The number of amides is 1. The molecule has 1 aromatic heterocycles. The van der Waals surface area contributed by atoms with E-state index in [9.17, 15) is 9.59 Å². The number of hydrogen-bond acceptors (Lipinski definition) is 3. The van der Waals surface area contributed by atoms with Crippen molar-refractivity contribution in [3.05, 3.63) is 34.2 Å². The minimum atomic E-state index is -0.237. The second-order valence-corrected chi connectivity index (χ2v) is 5.55. The summed E-state index contributed by atoms with van der Waals surface area (Å²) in [6.45, 7) is 4.64. The maximum Gasteiger partial charge on any atom is 0.251 e. The van der Waals surface area contributed by atoms with Crippen molar-refractivity contribution >= 4 is 5.91 Å². The van der Waals surface area contributed by atoms with Gasteiger partial charge < -0.3 is 15.0 Å². The monoisotopic (exact) mass is 266 g/mol. The van der Waals surface area contributed by atoms with Gasteiger partial charge in [-0.1, -0.05) is 13.8 Å². The Labute approximate surface area is 113 Å². The summed E-state index contributed by atoms with van der Waals surface area (Å²) in [6, 6.07) is 2.95. The van der Waals surface area contributed by atoms with Crippen LogP contribution in [0.15, 0.2) is 23.1 Å². The van der Waals surface area contributed by atoms with Gasteiger partial charge in [0, 0.05) is 38.0 Å². The highest BCUT2D eigenvalue weighted by Gasteiger charge is 2.15. The van der Waals surface area contributed by atoms with Gasteiger partial charge in [0.15, 0.2) is 0 Å². The molecule has 0 saturated carbocycles. The molecule has 0 unspecified atom stereocenters. The highest BCUT2D eigenvalue weighted by atomic mass is 16.3. The number of aliphatic hydroxyl groups excluding tert-OH is 1.